The number of unbranched alkanes of at least 4 members (excludes halogenated alkanes) is 1. The Balaban J connectivity index is 1.60. The zero-order valence-corrected chi connectivity index (χ0v) is 16.4. The molecule has 0 saturated heterocycles. The van der Waals surface area contributed by atoms with Crippen molar-refractivity contribution in [1.29, 1.82) is 0 Å². The van der Waals surface area contributed by atoms with Gasteiger partial charge in [0.1, 0.15) is 0 Å². The summed E-state index contributed by atoms with van der Waals surface area (Å²) in [6.07, 6.45) is 7.38. The number of carbonyl (C=O) groups excluding carboxylic acids is 1. The number of anilines is 1. The number of nitro benzene ring substituents is 1. The Hall–Kier alpha value is -3.15. The molecule has 3 atom stereocenters. The molecule has 0 saturated carbocycles. The van der Waals surface area contributed by atoms with Gasteiger partial charge < -0.3 is 10.6 Å². The monoisotopic (exact) mass is 391 g/mol. The van der Waals surface area contributed by atoms with Gasteiger partial charge in [-0.15, -0.1) is 0 Å². The Morgan fingerprint density at radius 2 is 2.03 bits per heavy atom. The summed E-state index contributed by atoms with van der Waals surface area (Å²) in [5, 5.41) is 17.5. The fourth-order valence-electron chi connectivity index (χ4n) is 4.35. The van der Waals surface area contributed by atoms with Gasteiger partial charge in [-0.2, -0.15) is 0 Å². The van der Waals surface area contributed by atoms with Crippen LogP contribution in [0.3, 0.4) is 0 Å². The lowest BCUT2D eigenvalue weighted by Gasteiger charge is -2.37. The van der Waals surface area contributed by atoms with Crippen LogP contribution in [0.2, 0.25) is 0 Å². The standard InChI is InChI=1S/C23H25N3O3/c1-2-3-13-24-23(27)16-9-12-21-20(14-16)18-5-4-6-19(18)22(25-21)15-7-10-17(11-8-15)26(28)29/h4-5,7-12,14,18-19,22,25H,2-3,6,13H2,1H3,(H,24,27). The number of nitrogens with one attached hydrogen (secondary N) is 2. The van der Waals surface area contributed by atoms with Crippen LogP contribution in [0.1, 0.15) is 59.6 Å². The Morgan fingerprint density at radius 3 is 2.76 bits per heavy atom. The second-order valence-corrected chi connectivity index (χ2v) is 7.74. The first kappa shape index (κ1) is 19.2. The van der Waals surface area contributed by atoms with Gasteiger partial charge in [-0.05, 0) is 48.1 Å². The number of nitrogens with zero attached hydrogens (tertiary/aromatic N) is 1. The van der Waals surface area contributed by atoms with Crippen LogP contribution in [0.5, 0.6) is 0 Å². The van der Waals surface area contributed by atoms with Crippen LogP contribution in [0.25, 0.3) is 0 Å². The summed E-state index contributed by atoms with van der Waals surface area (Å²) in [4.78, 5) is 23.0. The Morgan fingerprint density at radius 1 is 1.24 bits per heavy atom. The van der Waals surface area contributed by atoms with E-state index in [0.717, 1.165) is 36.1 Å². The predicted molar refractivity (Wildman–Crippen MR) is 113 cm³/mol. The first-order valence-corrected chi connectivity index (χ1v) is 10.2. The van der Waals surface area contributed by atoms with Gasteiger partial charge in [-0.1, -0.05) is 37.6 Å². The fraction of sp³-hybridized carbons (Fsp3) is 0.348. The van der Waals surface area contributed by atoms with Crippen molar-refractivity contribution in [3.63, 3.8) is 0 Å². The van der Waals surface area contributed by atoms with E-state index in [0.29, 0.717) is 18.0 Å². The van der Waals surface area contributed by atoms with Gasteiger partial charge in [0.2, 0.25) is 0 Å². The molecule has 1 aliphatic heterocycles. The molecule has 2 aromatic carbocycles. The third-order valence-corrected chi connectivity index (χ3v) is 5.90. The van der Waals surface area contributed by atoms with Gasteiger partial charge in [0, 0.05) is 35.8 Å². The fourth-order valence-corrected chi connectivity index (χ4v) is 4.35. The summed E-state index contributed by atoms with van der Waals surface area (Å²) in [6, 6.07) is 12.7. The molecular weight excluding hydrogens is 366 g/mol. The molecule has 150 valence electrons. The van der Waals surface area contributed by atoms with Gasteiger partial charge >= 0.3 is 0 Å². The molecule has 2 aromatic rings. The number of hydrogen-bond acceptors (Lipinski definition) is 4. The normalized spacial score (nSPS) is 21.8. The summed E-state index contributed by atoms with van der Waals surface area (Å²) in [7, 11) is 0. The zero-order valence-electron chi connectivity index (χ0n) is 16.4. The van der Waals surface area contributed by atoms with Crippen LogP contribution in [-0.2, 0) is 0 Å². The first-order valence-electron chi connectivity index (χ1n) is 10.2. The van der Waals surface area contributed by atoms with E-state index < -0.39 is 0 Å². The first-order chi connectivity index (χ1) is 14.1. The summed E-state index contributed by atoms with van der Waals surface area (Å²) in [6.45, 7) is 2.80. The number of amides is 1. The number of nitro groups is 1. The number of carbonyl (C=O) groups is 1. The van der Waals surface area contributed by atoms with E-state index in [1.54, 1.807) is 12.1 Å². The highest BCUT2D eigenvalue weighted by atomic mass is 16.6. The lowest BCUT2D eigenvalue weighted by Crippen LogP contribution is -2.30. The average molecular weight is 391 g/mol. The zero-order chi connectivity index (χ0) is 20.4. The molecule has 3 unspecified atom stereocenters. The summed E-state index contributed by atoms with van der Waals surface area (Å²) in [5.41, 5.74) is 4.00. The summed E-state index contributed by atoms with van der Waals surface area (Å²) >= 11 is 0. The van der Waals surface area contributed by atoms with Crippen molar-refractivity contribution in [2.75, 3.05) is 11.9 Å². The largest absolute Gasteiger partial charge is 0.378 e. The second kappa shape index (κ2) is 8.07. The van der Waals surface area contributed by atoms with Gasteiger partial charge in [0.15, 0.2) is 0 Å². The van der Waals surface area contributed by atoms with Gasteiger partial charge in [0.05, 0.1) is 11.0 Å². The molecule has 0 spiro atoms. The van der Waals surface area contributed by atoms with E-state index >= 15 is 0 Å². The molecule has 6 heteroatoms. The number of hydrogen-bond donors (Lipinski definition) is 2. The van der Waals surface area contributed by atoms with Crippen LogP contribution >= 0.6 is 0 Å². The SMILES string of the molecule is CCCCNC(=O)c1ccc2c(c1)C1C=CCC1C(c1ccc([N+](=O)[O-])cc1)N2. The predicted octanol–water partition coefficient (Wildman–Crippen LogP) is 4.95. The molecule has 0 fully saturated rings. The number of non-ortho nitro benzene ring substituents is 1. The molecule has 1 aliphatic carbocycles. The van der Waals surface area contributed by atoms with Crippen molar-refractivity contribution in [3.8, 4) is 0 Å². The minimum Gasteiger partial charge on any atom is -0.378 e. The molecular formula is C23H25N3O3. The summed E-state index contributed by atoms with van der Waals surface area (Å²) in [5.74, 6) is 0.523. The average Bonchev–Trinajstić information content (AvgIpc) is 3.23. The molecule has 6 nitrogen and oxygen atoms in total. The Bertz CT molecular complexity index is 952. The van der Waals surface area contributed by atoms with Gasteiger partial charge in [0.25, 0.3) is 11.6 Å². The number of fused-ring (bicyclic) bond motifs is 3. The smallest absolute Gasteiger partial charge is 0.269 e. The molecule has 1 heterocycles. The van der Waals surface area contributed by atoms with Crippen LogP contribution in [-0.4, -0.2) is 17.4 Å². The van der Waals surface area contributed by atoms with Gasteiger partial charge in [-0.25, -0.2) is 0 Å². The van der Waals surface area contributed by atoms with E-state index in [2.05, 4.69) is 29.7 Å². The molecule has 2 aliphatic rings. The molecule has 0 radical (unpaired) electrons. The van der Waals surface area contributed by atoms with Crippen molar-refractivity contribution in [1.82, 2.24) is 5.32 Å². The van der Waals surface area contributed by atoms with E-state index in [1.165, 1.54) is 0 Å². The van der Waals surface area contributed by atoms with E-state index in [-0.39, 0.29) is 28.5 Å². The number of allylic oxidation sites excluding steroid dienone is 2. The van der Waals surface area contributed by atoms with Crippen molar-refractivity contribution in [3.05, 3.63) is 81.4 Å². The van der Waals surface area contributed by atoms with Crippen LogP contribution < -0.4 is 10.6 Å². The minimum atomic E-state index is -0.375. The highest BCUT2D eigenvalue weighted by molar-refractivity contribution is 5.95. The molecule has 4 rings (SSSR count). The lowest BCUT2D eigenvalue weighted by molar-refractivity contribution is -0.384. The molecule has 0 aromatic heterocycles. The maximum absolute atomic E-state index is 12.5. The highest BCUT2D eigenvalue weighted by Crippen LogP contribution is 2.50. The topological polar surface area (TPSA) is 84.3 Å². The quantitative estimate of drug-likeness (QED) is 0.316. The lowest BCUT2D eigenvalue weighted by atomic mass is 9.76. The molecule has 0 bridgehead atoms. The van der Waals surface area contributed by atoms with Crippen LogP contribution in [0.15, 0.2) is 54.6 Å². The van der Waals surface area contributed by atoms with Crippen molar-refractivity contribution < 1.29 is 9.72 Å². The second-order valence-electron chi connectivity index (χ2n) is 7.74. The maximum Gasteiger partial charge on any atom is 0.269 e. The Labute approximate surface area is 170 Å². The molecule has 29 heavy (non-hydrogen) atoms. The maximum atomic E-state index is 12.5. The number of rotatable bonds is 6. The van der Waals surface area contributed by atoms with Gasteiger partial charge in [-0.3, -0.25) is 14.9 Å². The number of benzene rings is 2. The Kier molecular flexibility index (Phi) is 5.34. The van der Waals surface area contributed by atoms with E-state index in [4.69, 9.17) is 0 Å². The summed E-state index contributed by atoms with van der Waals surface area (Å²) < 4.78 is 0. The highest BCUT2D eigenvalue weighted by Gasteiger charge is 2.38. The molecule has 2 N–H and O–H groups in total. The van der Waals surface area contributed by atoms with Crippen molar-refractivity contribution in [2.45, 2.75) is 38.1 Å². The van der Waals surface area contributed by atoms with Crippen LogP contribution in [0, 0.1) is 16.0 Å². The van der Waals surface area contributed by atoms with E-state index in [1.807, 2.05) is 30.3 Å². The van der Waals surface area contributed by atoms with Crippen molar-refractivity contribution in [2.24, 2.45) is 5.92 Å². The van der Waals surface area contributed by atoms with E-state index in [9.17, 15) is 14.9 Å². The third-order valence-electron chi connectivity index (χ3n) is 5.90. The van der Waals surface area contributed by atoms with Crippen molar-refractivity contribution >= 4 is 17.3 Å². The van der Waals surface area contributed by atoms with Crippen LogP contribution in [0.4, 0.5) is 11.4 Å². The third kappa shape index (κ3) is 3.75. The minimum absolute atomic E-state index is 0.0303. The molecule has 1 amide bonds.